The van der Waals surface area contributed by atoms with Crippen molar-refractivity contribution in [2.24, 2.45) is 5.92 Å². The molecule has 7 heteroatoms. The number of amides is 1. The molecule has 0 spiro atoms. The summed E-state index contributed by atoms with van der Waals surface area (Å²) < 4.78 is 5.60. The molecule has 1 amide bonds. The molecular weight excluding hydrogens is 362 g/mol. The lowest BCUT2D eigenvalue weighted by atomic mass is 10.1. The standard InChI is InChI=1S/C18H16ClNO4S/c1-11-2-4-13(5-3-11)20-9-12(8-17(20)22)18(23)24-10-14(21)15-6-7-16(19)25-15/h2-7,12H,8-10H2,1H3. The van der Waals surface area contributed by atoms with E-state index < -0.39 is 11.9 Å². The molecule has 2 aromatic rings. The van der Waals surface area contributed by atoms with Crippen LogP contribution in [0.3, 0.4) is 0 Å². The van der Waals surface area contributed by atoms with Gasteiger partial charge in [0.25, 0.3) is 0 Å². The Kier molecular flexibility index (Phi) is 5.20. The zero-order chi connectivity index (χ0) is 18.0. The van der Waals surface area contributed by atoms with E-state index in [1.54, 1.807) is 17.0 Å². The molecule has 1 aromatic heterocycles. The van der Waals surface area contributed by atoms with Crippen LogP contribution in [0.2, 0.25) is 4.34 Å². The average molecular weight is 378 g/mol. The Hall–Kier alpha value is -2.18. The normalized spacial score (nSPS) is 17.0. The van der Waals surface area contributed by atoms with Crippen molar-refractivity contribution in [1.29, 1.82) is 0 Å². The van der Waals surface area contributed by atoms with Gasteiger partial charge in [0, 0.05) is 18.7 Å². The second kappa shape index (κ2) is 7.37. The van der Waals surface area contributed by atoms with Crippen molar-refractivity contribution in [1.82, 2.24) is 0 Å². The Morgan fingerprint density at radius 3 is 2.60 bits per heavy atom. The van der Waals surface area contributed by atoms with Crippen LogP contribution in [0.4, 0.5) is 5.69 Å². The van der Waals surface area contributed by atoms with Crippen LogP contribution in [0.15, 0.2) is 36.4 Å². The van der Waals surface area contributed by atoms with Gasteiger partial charge in [0.2, 0.25) is 11.7 Å². The quantitative estimate of drug-likeness (QED) is 0.591. The number of hydrogen-bond donors (Lipinski definition) is 0. The molecule has 25 heavy (non-hydrogen) atoms. The number of anilines is 1. The van der Waals surface area contributed by atoms with Crippen LogP contribution in [0.5, 0.6) is 0 Å². The summed E-state index contributed by atoms with van der Waals surface area (Å²) in [4.78, 5) is 38.3. The predicted molar refractivity (Wildman–Crippen MR) is 96.3 cm³/mol. The van der Waals surface area contributed by atoms with Gasteiger partial charge in [-0.15, -0.1) is 11.3 Å². The molecule has 1 aliphatic rings. The van der Waals surface area contributed by atoms with E-state index in [-0.39, 0.29) is 31.3 Å². The molecule has 0 N–H and O–H groups in total. The molecule has 0 saturated carbocycles. The van der Waals surface area contributed by atoms with Gasteiger partial charge in [-0.05, 0) is 31.2 Å². The average Bonchev–Trinajstić information content (AvgIpc) is 3.19. The van der Waals surface area contributed by atoms with Gasteiger partial charge >= 0.3 is 5.97 Å². The molecule has 2 heterocycles. The zero-order valence-electron chi connectivity index (χ0n) is 13.5. The number of rotatable bonds is 5. The van der Waals surface area contributed by atoms with E-state index in [4.69, 9.17) is 16.3 Å². The highest BCUT2D eigenvalue weighted by Gasteiger charge is 2.36. The number of halogens is 1. The highest BCUT2D eigenvalue weighted by Crippen LogP contribution is 2.26. The Balaban J connectivity index is 1.57. The zero-order valence-corrected chi connectivity index (χ0v) is 15.1. The predicted octanol–water partition coefficient (Wildman–Crippen LogP) is 3.49. The summed E-state index contributed by atoms with van der Waals surface area (Å²) >= 11 is 6.93. The van der Waals surface area contributed by atoms with Gasteiger partial charge in [-0.2, -0.15) is 0 Å². The summed E-state index contributed by atoms with van der Waals surface area (Å²) in [5.41, 5.74) is 1.86. The molecule has 1 atom stereocenters. The monoisotopic (exact) mass is 377 g/mol. The molecule has 0 radical (unpaired) electrons. The number of aryl methyl sites for hydroxylation is 1. The molecule has 5 nitrogen and oxygen atoms in total. The van der Waals surface area contributed by atoms with Gasteiger partial charge in [0.15, 0.2) is 6.61 Å². The van der Waals surface area contributed by atoms with E-state index in [0.29, 0.717) is 9.21 Å². The second-order valence-corrected chi connectivity index (χ2v) is 7.59. The SMILES string of the molecule is Cc1ccc(N2CC(C(=O)OCC(=O)c3ccc(Cl)s3)CC2=O)cc1. The third-order valence-corrected chi connectivity index (χ3v) is 5.27. The minimum Gasteiger partial charge on any atom is -0.457 e. The van der Waals surface area contributed by atoms with Gasteiger partial charge < -0.3 is 9.64 Å². The van der Waals surface area contributed by atoms with Crippen LogP contribution in [0.25, 0.3) is 0 Å². The van der Waals surface area contributed by atoms with Crippen molar-refractivity contribution < 1.29 is 19.1 Å². The van der Waals surface area contributed by atoms with E-state index in [1.807, 2.05) is 31.2 Å². The number of ether oxygens (including phenoxy) is 1. The van der Waals surface area contributed by atoms with Gasteiger partial charge in [0.1, 0.15) is 0 Å². The summed E-state index contributed by atoms with van der Waals surface area (Å²) in [5, 5.41) is 0. The molecule has 1 fully saturated rings. The highest BCUT2D eigenvalue weighted by atomic mass is 35.5. The Morgan fingerprint density at radius 1 is 1.24 bits per heavy atom. The number of ketones is 1. The summed E-state index contributed by atoms with van der Waals surface area (Å²) in [6, 6.07) is 10.8. The first-order valence-electron chi connectivity index (χ1n) is 7.76. The van der Waals surface area contributed by atoms with Crippen molar-refractivity contribution in [2.75, 3.05) is 18.1 Å². The first-order valence-corrected chi connectivity index (χ1v) is 8.95. The molecule has 1 unspecified atom stereocenters. The van der Waals surface area contributed by atoms with E-state index in [1.165, 1.54) is 0 Å². The van der Waals surface area contributed by atoms with Crippen molar-refractivity contribution in [3.05, 3.63) is 51.2 Å². The highest BCUT2D eigenvalue weighted by molar-refractivity contribution is 7.18. The van der Waals surface area contributed by atoms with Crippen molar-refractivity contribution in [2.45, 2.75) is 13.3 Å². The van der Waals surface area contributed by atoms with Crippen molar-refractivity contribution in [3.8, 4) is 0 Å². The fraction of sp³-hybridized carbons (Fsp3) is 0.278. The van der Waals surface area contributed by atoms with Gasteiger partial charge in [0.05, 0.1) is 15.1 Å². The molecule has 0 bridgehead atoms. The molecule has 1 aromatic carbocycles. The summed E-state index contributed by atoms with van der Waals surface area (Å²) in [5.74, 6) is -1.51. The summed E-state index contributed by atoms with van der Waals surface area (Å²) in [6.07, 6.45) is 0.0890. The molecule has 0 aliphatic carbocycles. The lowest BCUT2D eigenvalue weighted by Crippen LogP contribution is -2.27. The fourth-order valence-electron chi connectivity index (χ4n) is 2.63. The maximum Gasteiger partial charge on any atom is 0.311 e. The summed E-state index contributed by atoms with van der Waals surface area (Å²) in [6.45, 7) is 1.89. The van der Waals surface area contributed by atoms with Gasteiger partial charge in [-0.1, -0.05) is 29.3 Å². The lowest BCUT2D eigenvalue weighted by Gasteiger charge is -2.16. The van der Waals surface area contributed by atoms with Gasteiger partial charge in [-0.3, -0.25) is 14.4 Å². The van der Waals surface area contributed by atoms with E-state index in [2.05, 4.69) is 0 Å². The van der Waals surface area contributed by atoms with Crippen LogP contribution < -0.4 is 4.90 Å². The number of benzene rings is 1. The van der Waals surface area contributed by atoms with Crippen LogP contribution >= 0.6 is 22.9 Å². The first kappa shape index (κ1) is 17.6. The maximum absolute atomic E-state index is 12.2. The van der Waals surface area contributed by atoms with Crippen LogP contribution in [-0.4, -0.2) is 30.8 Å². The van der Waals surface area contributed by atoms with E-state index in [0.717, 1.165) is 22.6 Å². The molecule has 130 valence electrons. The summed E-state index contributed by atoms with van der Waals surface area (Å²) in [7, 11) is 0. The Morgan fingerprint density at radius 2 is 1.96 bits per heavy atom. The number of hydrogen-bond acceptors (Lipinski definition) is 5. The third-order valence-electron chi connectivity index (χ3n) is 4.00. The largest absolute Gasteiger partial charge is 0.457 e. The maximum atomic E-state index is 12.2. The number of thiophene rings is 1. The smallest absolute Gasteiger partial charge is 0.311 e. The number of carbonyl (C=O) groups excluding carboxylic acids is 3. The van der Waals surface area contributed by atoms with E-state index >= 15 is 0 Å². The fourth-order valence-corrected chi connectivity index (χ4v) is 3.60. The number of Topliss-reactive ketones (excluding diaryl/α,β-unsaturated/α-hetero) is 1. The molecular formula is C18H16ClNO4S. The van der Waals surface area contributed by atoms with Crippen LogP contribution in [-0.2, 0) is 14.3 Å². The second-order valence-electron chi connectivity index (χ2n) is 5.88. The minimum atomic E-state index is -0.562. The number of esters is 1. The molecule has 1 aliphatic heterocycles. The van der Waals surface area contributed by atoms with E-state index in [9.17, 15) is 14.4 Å². The van der Waals surface area contributed by atoms with Crippen LogP contribution in [0.1, 0.15) is 21.7 Å². The lowest BCUT2D eigenvalue weighted by molar-refractivity contribution is -0.147. The Labute approximate surface area is 154 Å². The number of carbonyl (C=O) groups is 3. The van der Waals surface area contributed by atoms with Crippen molar-refractivity contribution >= 4 is 46.3 Å². The van der Waals surface area contributed by atoms with Crippen LogP contribution in [0, 0.1) is 12.8 Å². The first-order chi connectivity index (χ1) is 11.9. The topological polar surface area (TPSA) is 63.7 Å². The minimum absolute atomic E-state index is 0.0890. The van der Waals surface area contributed by atoms with Crippen molar-refractivity contribution in [3.63, 3.8) is 0 Å². The number of nitrogens with zero attached hydrogens (tertiary/aromatic N) is 1. The molecule has 1 saturated heterocycles. The Bertz CT molecular complexity index is 815. The third kappa shape index (κ3) is 4.08. The molecule has 3 rings (SSSR count). The van der Waals surface area contributed by atoms with Gasteiger partial charge in [-0.25, -0.2) is 0 Å².